The Hall–Kier alpha value is -2.90. The van der Waals surface area contributed by atoms with Gasteiger partial charge in [-0.1, -0.05) is 6.07 Å². The smallest absolute Gasteiger partial charge is 0.317 e. The highest BCUT2D eigenvalue weighted by molar-refractivity contribution is 5.80. The molecule has 1 saturated heterocycles. The summed E-state index contributed by atoms with van der Waals surface area (Å²) in [5.74, 6) is 0.638. The summed E-state index contributed by atoms with van der Waals surface area (Å²) in [6, 6.07) is 5.47. The fourth-order valence-electron chi connectivity index (χ4n) is 3.04. The van der Waals surface area contributed by atoms with Gasteiger partial charge in [0.25, 0.3) is 0 Å². The molecule has 1 atom stereocenters. The predicted octanol–water partition coefficient (Wildman–Crippen LogP) is 1.32. The minimum atomic E-state index is -0.143. The van der Waals surface area contributed by atoms with Crippen molar-refractivity contribution in [2.24, 2.45) is 5.92 Å². The van der Waals surface area contributed by atoms with Gasteiger partial charge in [-0.05, 0) is 37.5 Å². The highest BCUT2D eigenvalue weighted by Gasteiger charge is 2.27. The van der Waals surface area contributed by atoms with E-state index in [2.05, 4.69) is 20.7 Å². The Balaban J connectivity index is 1.51. The monoisotopic (exact) mass is 356 g/mol. The first-order valence-electron chi connectivity index (χ1n) is 8.93. The Kier molecular flexibility index (Phi) is 5.83. The van der Waals surface area contributed by atoms with Crippen LogP contribution in [-0.2, 0) is 11.3 Å². The highest BCUT2D eigenvalue weighted by Crippen LogP contribution is 2.16. The standard InChI is InChI=1S/C18H24N6O2/c1-2-19-17(25)15-5-3-9-23(13-15)18(26)21-12-14-6-7-16(20-11-14)24-10-4-8-22-24/h4,6-8,10-11,15H,2-3,5,9,12-13H2,1H3,(H,19,25)(H,21,26). The van der Waals surface area contributed by atoms with E-state index in [1.165, 1.54) is 0 Å². The predicted molar refractivity (Wildman–Crippen MR) is 96.6 cm³/mol. The zero-order chi connectivity index (χ0) is 18.4. The number of carbonyl (C=O) groups is 2. The highest BCUT2D eigenvalue weighted by atomic mass is 16.2. The van der Waals surface area contributed by atoms with E-state index >= 15 is 0 Å². The molecule has 2 aromatic heterocycles. The van der Waals surface area contributed by atoms with Crippen LogP contribution in [0, 0.1) is 5.92 Å². The summed E-state index contributed by atoms with van der Waals surface area (Å²) in [5, 5.41) is 9.88. The SMILES string of the molecule is CCNC(=O)C1CCCN(C(=O)NCc2ccc(-n3cccn3)nc2)C1. The largest absolute Gasteiger partial charge is 0.356 e. The Morgan fingerprint density at radius 2 is 2.19 bits per heavy atom. The van der Waals surface area contributed by atoms with E-state index in [9.17, 15) is 9.59 Å². The van der Waals surface area contributed by atoms with Crippen LogP contribution in [0.4, 0.5) is 4.79 Å². The average Bonchev–Trinajstić information content (AvgIpc) is 3.21. The van der Waals surface area contributed by atoms with Crippen molar-refractivity contribution in [1.29, 1.82) is 0 Å². The van der Waals surface area contributed by atoms with Gasteiger partial charge in [0.2, 0.25) is 5.91 Å². The van der Waals surface area contributed by atoms with E-state index in [1.54, 1.807) is 22.0 Å². The molecule has 3 amide bonds. The molecule has 26 heavy (non-hydrogen) atoms. The first kappa shape index (κ1) is 17.9. The Morgan fingerprint density at radius 3 is 2.88 bits per heavy atom. The molecule has 1 aliphatic heterocycles. The third-order valence-electron chi connectivity index (χ3n) is 4.42. The molecule has 2 aromatic rings. The molecule has 3 rings (SSSR count). The zero-order valence-electron chi connectivity index (χ0n) is 14.9. The number of hydrogen-bond donors (Lipinski definition) is 2. The third kappa shape index (κ3) is 4.38. The van der Waals surface area contributed by atoms with Crippen molar-refractivity contribution in [2.45, 2.75) is 26.3 Å². The number of piperidine rings is 1. The van der Waals surface area contributed by atoms with E-state index in [4.69, 9.17) is 0 Å². The maximum atomic E-state index is 12.4. The molecule has 0 radical (unpaired) electrons. The van der Waals surface area contributed by atoms with Gasteiger partial charge in [0, 0.05) is 44.8 Å². The van der Waals surface area contributed by atoms with Gasteiger partial charge in [-0.25, -0.2) is 14.5 Å². The molecule has 138 valence electrons. The molecule has 8 heteroatoms. The van der Waals surface area contributed by atoms with Crippen molar-refractivity contribution in [3.05, 3.63) is 42.4 Å². The maximum Gasteiger partial charge on any atom is 0.317 e. The Bertz CT molecular complexity index is 729. The number of nitrogens with one attached hydrogen (secondary N) is 2. The van der Waals surface area contributed by atoms with Gasteiger partial charge in [0.05, 0.1) is 5.92 Å². The molecule has 1 aliphatic rings. The molecular formula is C18H24N6O2. The van der Waals surface area contributed by atoms with Crippen LogP contribution < -0.4 is 10.6 Å². The third-order valence-corrected chi connectivity index (χ3v) is 4.42. The molecular weight excluding hydrogens is 332 g/mol. The van der Waals surface area contributed by atoms with Gasteiger partial charge in [0.15, 0.2) is 5.82 Å². The van der Waals surface area contributed by atoms with Crippen molar-refractivity contribution < 1.29 is 9.59 Å². The van der Waals surface area contributed by atoms with E-state index < -0.39 is 0 Å². The topological polar surface area (TPSA) is 92.2 Å². The summed E-state index contributed by atoms with van der Waals surface area (Å²) in [5.41, 5.74) is 0.909. The number of pyridine rings is 1. The second kappa shape index (κ2) is 8.46. The molecule has 1 fully saturated rings. The van der Waals surface area contributed by atoms with Crippen LogP contribution >= 0.6 is 0 Å². The Labute approximate surface area is 152 Å². The molecule has 0 saturated carbocycles. The number of likely N-dealkylation sites (tertiary alicyclic amines) is 1. The lowest BCUT2D eigenvalue weighted by molar-refractivity contribution is -0.126. The normalized spacial score (nSPS) is 17.0. The Morgan fingerprint density at radius 1 is 1.31 bits per heavy atom. The van der Waals surface area contributed by atoms with Crippen LogP contribution in [0.1, 0.15) is 25.3 Å². The fraction of sp³-hybridized carbons (Fsp3) is 0.444. The second-order valence-electron chi connectivity index (χ2n) is 6.31. The molecule has 0 aromatic carbocycles. The number of urea groups is 1. The summed E-state index contributed by atoms with van der Waals surface area (Å²) in [6.45, 7) is 4.06. The molecule has 2 N–H and O–H groups in total. The minimum Gasteiger partial charge on any atom is -0.356 e. The van der Waals surface area contributed by atoms with Crippen molar-refractivity contribution >= 4 is 11.9 Å². The number of aromatic nitrogens is 3. The van der Waals surface area contributed by atoms with Crippen LogP contribution in [0.2, 0.25) is 0 Å². The average molecular weight is 356 g/mol. The molecule has 0 bridgehead atoms. The van der Waals surface area contributed by atoms with Gasteiger partial charge in [-0.2, -0.15) is 5.10 Å². The van der Waals surface area contributed by atoms with Crippen molar-refractivity contribution in [1.82, 2.24) is 30.3 Å². The van der Waals surface area contributed by atoms with Crippen LogP contribution in [0.5, 0.6) is 0 Å². The lowest BCUT2D eigenvalue weighted by Gasteiger charge is -2.32. The van der Waals surface area contributed by atoms with E-state index in [0.29, 0.717) is 26.2 Å². The van der Waals surface area contributed by atoms with Gasteiger partial charge in [-0.15, -0.1) is 0 Å². The number of hydrogen-bond acceptors (Lipinski definition) is 4. The van der Waals surface area contributed by atoms with Crippen LogP contribution in [0.15, 0.2) is 36.8 Å². The molecule has 3 heterocycles. The maximum absolute atomic E-state index is 12.4. The summed E-state index contributed by atoms with van der Waals surface area (Å²) in [4.78, 5) is 30.5. The summed E-state index contributed by atoms with van der Waals surface area (Å²) < 4.78 is 1.68. The van der Waals surface area contributed by atoms with Crippen molar-refractivity contribution in [2.75, 3.05) is 19.6 Å². The molecule has 0 aliphatic carbocycles. The summed E-state index contributed by atoms with van der Waals surface area (Å²) >= 11 is 0. The molecule has 8 nitrogen and oxygen atoms in total. The number of carbonyl (C=O) groups excluding carboxylic acids is 2. The minimum absolute atomic E-state index is 0.0309. The summed E-state index contributed by atoms with van der Waals surface area (Å²) in [7, 11) is 0. The number of nitrogens with zero attached hydrogens (tertiary/aromatic N) is 4. The van der Waals surface area contributed by atoms with Crippen LogP contribution in [0.3, 0.4) is 0 Å². The van der Waals surface area contributed by atoms with Gasteiger partial charge < -0.3 is 15.5 Å². The van der Waals surface area contributed by atoms with Crippen molar-refractivity contribution in [3.63, 3.8) is 0 Å². The van der Waals surface area contributed by atoms with Gasteiger partial charge in [0.1, 0.15) is 0 Å². The van der Waals surface area contributed by atoms with Crippen LogP contribution in [0.25, 0.3) is 5.82 Å². The van der Waals surface area contributed by atoms with E-state index in [-0.39, 0.29) is 17.9 Å². The molecule has 1 unspecified atom stereocenters. The van der Waals surface area contributed by atoms with Gasteiger partial charge in [-0.3, -0.25) is 4.79 Å². The van der Waals surface area contributed by atoms with E-state index in [0.717, 1.165) is 24.2 Å². The van der Waals surface area contributed by atoms with Crippen LogP contribution in [-0.4, -0.2) is 51.2 Å². The second-order valence-corrected chi connectivity index (χ2v) is 6.31. The van der Waals surface area contributed by atoms with E-state index in [1.807, 2.05) is 31.3 Å². The summed E-state index contributed by atoms with van der Waals surface area (Å²) in [6.07, 6.45) is 6.92. The zero-order valence-corrected chi connectivity index (χ0v) is 14.9. The quantitative estimate of drug-likeness (QED) is 0.845. The first-order valence-corrected chi connectivity index (χ1v) is 8.93. The molecule has 0 spiro atoms. The number of amides is 3. The van der Waals surface area contributed by atoms with Gasteiger partial charge >= 0.3 is 6.03 Å². The first-order chi connectivity index (χ1) is 12.7. The number of rotatable bonds is 5. The fourth-order valence-corrected chi connectivity index (χ4v) is 3.04. The lowest BCUT2D eigenvalue weighted by atomic mass is 9.97. The lowest BCUT2D eigenvalue weighted by Crippen LogP contribution is -2.48. The van der Waals surface area contributed by atoms with Crippen molar-refractivity contribution in [3.8, 4) is 5.82 Å².